The standard InChI is InChI=1S/C18H22N2O4S/c1-3-24-13-15-9-7-8-12-17(15)19-18(21)14(2)20-25(22,23)16-10-5-4-6-11-16/h4-12,14,20H,3,13H2,1-2H3,(H,19,21)/t14-/m0/s1. The number of hydrogen-bond acceptors (Lipinski definition) is 4. The van der Waals surface area contributed by atoms with Gasteiger partial charge in [0.1, 0.15) is 0 Å². The van der Waals surface area contributed by atoms with Crippen LogP contribution in [0.3, 0.4) is 0 Å². The van der Waals surface area contributed by atoms with Crippen LogP contribution in [0.2, 0.25) is 0 Å². The van der Waals surface area contributed by atoms with Crippen LogP contribution in [-0.2, 0) is 26.2 Å². The van der Waals surface area contributed by atoms with Crippen molar-refractivity contribution in [1.82, 2.24) is 4.72 Å². The van der Waals surface area contributed by atoms with E-state index in [9.17, 15) is 13.2 Å². The van der Waals surface area contributed by atoms with Crippen molar-refractivity contribution >= 4 is 21.6 Å². The summed E-state index contributed by atoms with van der Waals surface area (Å²) in [5, 5.41) is 2.75. The molecular weight excluding hydrogens is 340 g/mol. The first-order valence-electron chi connectivity index (χ1n) is 7.98. The molecule has 1 amide bonds. The van der Waals surface area contributed by atoms with E-state index >= 15 is 0 Å². The highest BCUT2D eigenvalue weighted by molar-refractivity contribution is 7.89. The number of carbonyl (C=O) groups is 1. The van der Waals surface area contributed by atoms with Gasteiger partial charge in [-0.2, -0.15) is 4.72 Å². The van der Waals surface area contributed by atoms with Crippen LogP contribution in [0.25, 0.3) is 0 Å². The van der Waals surface area contributed by atoms with Gasteiger partial charge in [0.15, 0.2) is 0 Å². The van der Waals surface area contributed by atoms with Gasteiger partial charge in [0.25, 0.3) is 0 Å². The summed E-state index contributed by atoms with van der Waals surface area (Å²) < 4.78 is 32.4. The number of hydrogen-bond donors (Lipinski definition) is 2. The molecule has 2 rings (SSSR count). The van der Waals surface area contributed by atoms with Crippen LogP contribution in [0.4, 0.5) is 5.69 Å². The third kappa shape index (κ3) is 5.38. The second-order valence-electron chi connectivity index (χ2n) is 5.44. The Morgan fingerprint density at radius 3 is 2.40 bits per heavy atom. The molecule has 7 heteroatoms. The molecule has 0 bridgehead atoms. The Labute approximate surface area is 148 Å². The first-order valence-corrected chi connectivity index (χ1v) is 9.46. The molecule has 0 heterocycles. The van der Waals surface area contributed by atoms with E-state index in [4.69, 9.17) is 4.74 Å². The van der Waals surface area contributed by atoms with Gasteiger partial charge in [0, 0.05) is 17.9 Å². The molecule has 2 N–H and O–H groups in total. The van der Waals surface area contributed by atoms with Gasteiger partial charge in [-0.15, -0.1) is 0 Å². The van der Waals surface area contributed by atoms with Gasteiger partial charge in [-0.3, -0.25) is 4.79 Å². The van der Waals surface area contributed by atoms with Crippen molar-refractivity contribution in [3.8, 4) is 0 Å². The first-order chi connectivity index (χ1) is 11.9. The van der Waals surface area contributed by atoms with Crippen LogP contribution in [0, 0.1) is 0 Å². The fourth-order valence-corrected chi connectivity index (χ4v) is 3.40. The average Bonchev–Trinajstić information content (AvgIpc) is 2.61. The molecule has 0 spiro atoms. The number of carbonyl (C=O) groups excluding carboxylic acids is 1. The normalized spacial score (nSPS) is 12.6. The van der Waals surface area contributed by atoms with E-state index in [-0.39, 0.29) is 4.90 Å². The number of para-hydroxylation sites is 1. The zero-order valence-corrected chi connectivity index (χ0v) is 15.0. The Kier molecular flexibility index (Phi) is 6.69. The highest BCUT2D eigenvalue weighted by atomic mass is 32.2. The first kappa shape index (κ1) is 19.1. The van der Waals surface area contributed by atoms with Gasteiger partial charge in [0.2, 0.25) is 15.9 Å². The van der Waals surface area contributed by atoms with Gasteiger partial charge in [-0.1, -0.05) is 36.4 Å². The number of anilines is 1. The Bertz CT molecular complexity index is 807. The lowest BCUT2D eigenvalue weighted by molar-refractivity contribution is -0.117. The molecule has 0 saturated carbocycles. The number of rotatable bonds is 8. The molecule has 0 fully saturated rings. The number of nitrogens with one attached hydrogen (secondary N) is 2. The summed E-state index contributed by atoms with van der Waals surface area (Å²) in [7, 11) is -3.76. The molecule has 2 aromatic carbocycles. The predicted molar refractivity (Wildman–Crippen MR) is 96.6 cm³/mol. The lowest BCUT2D eigenvalue weighted by atomic mass is 10.2. The SMILES string of the molecule is CCOCc1ccccc1NC(=O)[C@H](C)NS(=O)(=O)c1ccccc1. The molecule has 0 aliphatic heterocycles. The summed E-state index contributed by atoms with van der Waals surface area (Å²) in [4.78, 5) is 12.5. The van der Waals surface area contributed by atoms with Crippen LogP contribution in [0.1, 0.15) is 19.4 Å². The van der Waals surface area contributed by atoms with Gasteiger partial charge in [-0.05, 0) is 32.0 Å². The maximum atomic E-state index is 12.4. The van der Waals surface area contributed by atoms with Crippen LogP contribution in [0.15, 0.2) is 59.5 Å². The van der Waals surface area contributed by atoms with Gasteiger partial charge in [-0.25, -0.2) is 8.42 Å². The molecule has 2 aromatic rings. The van der Waals surface area contributed by atoms with Crippen LogP contribution < -0.4 is 10.0 Å². The molecule has 0 aromatic heterocycles. The van der Waals surface area contributed by atoms with E-state index in [0.29, 0.717) is 18.9 Å². The molecule has 0 aliphatic carbocycles. The zero-order chi connectivity index (χ0) is 18.3. The van der Waals surface area contributed by atoms with Crippen molar-refractivity contribution in [1.29, 1.82) is 0 Å². The van der Waals surface area contributed by atoms with E-state index in [1.165, 1.54) is 19.1 Å². The average molecular weight is 362 g/mol. The van der Waals surface area contributed by atoms with Crippen molar-refractivity contribution < 1.29 is 17.9 Å². The van der Waals surface area contributed by atoms with Crippen molar-refractivity contribution in [2.75, 3.05) is 11.9 Å². The van der Waals surface area contributed by atoms with Crippen LogP contribution in [-0.4, -0.2) is 27.0 Å². The highest BCUT2D eigenvalue weighted by Gasteiger charge is 2.22. The highest BCUT2D eigenvalue weighted by Crippen LogP contribution is 2.17. The van der Waals surface area contributed by atoms with E-state index < -0.39 is 22.0 Å². The molecule has 0 saturated heterocycles. The summed E-state index contributed by atoms with van der Waals surface area (Å²) in [6, 6.07) is 14.3. The molecule has 0 aliphatic rings. The van der Waals surface area contributed by atoms with Crippen molar-refractivity contribution in [2.24, 2.45) is 0 Å². The summed E-state index contributed by atoms with van der Waals surface area (Å²) in [5.41, 5.74) is 1.43. The second-order valence-corrected chi connectivity index (χ2v) is 7.15. The molecular formula is C18H22N2O4S. The van der Waals surface area contributed by atoms with Crippen LogP contribution in [0.5, 0.6) is 0 Å². The number of benzene rings is 2. The molecule has 0 radical (unpaired) electrons. The third-order valence-corrected chi connectivity index (χ3v) is 5.07. The zero-order valence-electron chi connectivity index (χ0n) is 14.2. The van der Waals surface area contributed by atoms with Crippen molar-refractivity contribution in [3.63, 3.8) is 0 Å². The molecule has 0 unspecified atom stereocenters. The molecule has 6 nitrogen and oxygen atoms in total. The fraction of sp³-hybridized carbons (Fsp3) is 0.278. The lowest BCUT2D eigenvalue weighted by Gasteiger charge is -2.16. The van der Waals surface area contributed by atoms with Gasteiger partial charge < -0.3 is 10.1 Å². The Morgan fingerprint density at radius 1 is 1.08 bits per heavy atom. The second kappa shape index (κ2) is 8.75. The van der Waals surface area contributed by atoms with Crippen molar-refractivity contribution in [2.45, 2.75) is 31.4 Å². The minimum atomic E-state index is -3.76. The smallest absolute Gasteiger partial charge is 0.242 e. The van der Waals surface area contributed by atoms with Gasteiger partial charge >= 0.3 is 0 Å². The Hall–Kier alpha value is -2.22. The minimum Gasteiger partial charge on any atom is -0.377 e. The maximum Gasteiger partial charge on any atom is 0.242 e. The quantitative estimate of drug-likeness (QED) is 0.756. The number of amides is 1. The summed E-state index contributed by atoms with van der Waals surface area (Å²) in [5.74, 6) is -0.441. The Balaban J connectivity index is 2.06. The van der Waals surface area contributed by atoms with Crippen molar-refractivity contribution in [3.05, 3.63) is 60.2 Å². The lowest BCUT2D eigenvalue weighted by Crippen LogP contribution is -2.41. The Morgan fingerprint density at radius 2 is 1.72 bits per heavy atom. The monoisotopic (exact) mass is 362 g/mol. The van der Waals surface area contributed by atoms with E-state index in [1.807, 2.05) is 19.1 Å². The number of sulfonamides is 1. The molecule has 25 heavy (non-hydrogen) atoms. The summed E-state index contributed by atoms with van der Waals surface area (Å²) >= 11 is 0. The largest absolute Gasteiger partial charge is 0.377 e. The van der Waals surface area contributed by atoms with E-state index in [1.54, 1.807) is 30.3 Å². The summed E-state index contributed by atoms with van der Waals surface area (Å²) in [6.07, 6.45) is 0. The third-order valence-electron chi connectivity index (χ3n) is 3.52. The predicted octanol–water partition coefficient (Wildman–Crippen LogP) is 2.53. The minimum absolute atomic E-state index is 0.117. The molecule has 1 atom stereocenters. The maximum absolute atomic E-state index is 12.4. The van der Waals surface area contributed by atoms with Crippen LogP contribution >= 0.6 is 0 Å². The fourth-order valence-electron chi connectivity index (χ4n) is 2.18. The van der Waals surface area contributed by atoms with E-state index in [0.717, 1.165) is 5.56 Å². The topological polar surface area (TPSA) is 84.5 Å². The van der Waals surface area contributed by atoms with Gasteiger partial charge in [0.05, 0.1) is 17.5 Å². The molecule has 134 valence electrons. The van der Waals surface area contributed by atoms with E-state index in [2.05, 4.69) is 10.0 Å². The summed E-state index contributed by atoms with van der Waals surface area (Å²) in [6.45, 7) is 4.33. The number of ether oxygens (including phenoxy) is 1.